The standard InChI is InChI=1S/C28H28N8O/c1-4-6-23-17-25(36-28(32-23)33-26(34-36)20-7-5-16-29-18-20)30-21-10-8-19(9-11-21)27(37)31-22-12-14-24(15-13-22)35(2)3/h5,7-18,30H,4,6H2,1-3H3,(H,31,37). The number of amides is 1. The molecule has 0 bridgehead atoms. The Hall–Kier alpha value is -4.79. The van der Waals surface area contributed by atoms with E-state index >= 15 is 0 Å². The maximum absolute atomic E-state index is 12.8. The van der Waals surface area contributed by atoms with Crippen LogP contribution < -0.4 is 15.5 Å². The number of nitrogens with one attached hydrogen (secondary N) is 2. The third-order valence-electron chi connectivity index (χ3n) is 5.85. The lowest BCUT2D eigenvalue weighted by Gasteiger charge is -2.13. The van der Waals surface area contributed by atoms with Crippen LogP contribution in [-0.2, 0) is 6.42 Å². The van der Waals surface area contributed by atoms with E-state index in [9.17, 15) is 4.79 Å². The summed E-state index contributed by atoms with van der Waals surface area (Å²) in [6.07, 6.45) is 5.24. The van der Waals surface area contributed by atoms with E-state index in [1.165, 1.54) is 0 Å². The third kappa shape index (κ3) is 5.40. The van der Waals surface area contributed by atoms with Gasteiger partial charge in [-0.05, 0) is 67.1 Å². The molecule has 0 aliphatic heterocycles. The average Bonchev–Trinajstić information content (AvgIpc) is 3.35. The van der Waals surface area contributed by atoms with Crippen molar-refractivity contribution in [1.29, 1.82) is 0 Å². The molecule has 1 amide bonds. The van der Waals surface area contributed by atoms with Crippen molar-refractivity contribution in [3.8, 4) is 11.4 Å². The molecule has 5 rings (SSSR count). The molecule has 186 valence electrons. The number of anilines is 4. The lowest BCUT2D eigenvalue weighted by atomic mass is 10.2. The van der Waals surface area contributed by atoms with E-state index < -0.39 is 0 Å². The van der Waals surface area contributed by atoms with Gasteiger partial charge in [0.1, 0.15) is 5.82 Å². The van der Waals surface area contributed by atoms with E-state index in [2.05, 4.69) is 37.6 Å². The highest BCUT2D eigenvalue weighted by Crippen LogP contribution is 2.23. The smallest absolute Gasteiger partial charge is 0.255 e. The summed E-state index contributed by atoms with van der Waals surface area (Å²) < 4.78 is 1.69. The molecular weight excluding hydrogens is 464 g/mol. The molecule has 2 aromatic carbocycles. The second-order valence-corrected chi connectivity index (χ2v) is 8.87. The van der Waals surface area contributed by atoms with Crippen LogP contribution in [0.4, 0.5) is 22.9 Å². The summed E-state index contributed by atoms with van der Waals surface area (Å²) in [6, 6.07) is 20.8. The van der Waals surface area contributed by atoms with Crippen LogP contribution in [0.2, 0.25) is 0 Å². The van der Waals surface area contributed by atoms with Crippen molar-refractivity contribution in [3.05, 3.63) is 90.4 Å². The molecular formula is C28H28N8O. The van der Waals surface area contributed by atoms with Crippen molar-refractivity contribution in [2.45, 2.75) is 19.8 Å². The van der Waals surface area contributed by atoms with Crippen LogP contribution in [0.1, 0.15) is 29.4 Å². The number of fused-ring (bicyclic) bond motifs is 1. The molecule has 0 spiro atoms. The second-order valence-electron chi connectivity index (χ2n) is 8.87. The minimum absolute atomic E-state index is 0.168. The number of pyridine rings is 1. The topological polar surface area (TPSA) is 100 Å². The highest BCUT2D eigenvalue weighted by molar-refractivity contribution is 6.04. The van der Waals surface area contributed by atoms with E-state index in [-0.39, 0.29) is 5.91 Å². The number of hydrogen-bond donors (Lipinski definition) is 2. The van der Waals surface area contributed by atoms with Gasteiger partial charge in [-0.2, -0.15) is 9.50 Å². The van der Waals surface area contributed by atoms with E-state index in [4.69, 9.17) is 0 Å². The number of aryl methyl sites for hydroxylation is 1. The minimum Gasteiger partial charge on any atom is -0.378 e. The molecule has 0 saturated heterocycles. The minimum atomic E-state index is -0.168. The molecule has 9 nitrogen and oxygen atoms in total. The van der Waals surface area contributed by atoms with Gasteiger partial charge in [0.2, 0.25) is 0 Å². The van der Waals surface area contributed by atoms with Crippen molar-refractivity contribution < 1.29 is 4.79 Å². The van der Waals surface area contributed by atoms with Crippen LogP contribution in [0.3, 0.4) is 0 Å². The van der Waals surface area contributed by atoms with Gasteiger partial charge in [-0.15, -0.1) is 5.10 Å². The number of aromatic nitrogens is 5. The maximum atomic E-state index is 12.8. The lowest BCUT2D eigenvalue weighted by Crippen LogP contribution is -2.12. The largest absolute Gasteiger partial charge is 0.378 e. The van der Waals surface area contributed by atoms with Crippen LogP contribution in [-0.4, -0.2) is 44.6 Å². The summed E-state index contributed by atoms with van der Waals surface area (Å²) in [5.74, 6) is 1.65. The van der Waals surface area contributed by atoms with E-state index in [0.29, 0.717) is 17.2 Å². The zero-order chi connectivity index (χ0) is 25.8. The van der Waals surface area contributed by atoms with Gasteiger partial charge in [-0.1, -0.05) is 13.3 Å². The van der Waals surface area contributed by atoms with Crippen LogP contribution >= 0.6 is 0 Å². The Kier molecular flexibility index (Phi) is 6.76. The highest BCUT2D eigenvalue weighted by atomic mass is 16.1. The molecule has 3 heterocycles. The van der Waals surface area contributed by atoms with Gasteiger partial charge in [-0.3, -0.25) is 9.78 Å². The highest BCUT2D eigenvalue weighted by Gasteiger charge is 2.13. The van der Waals surface area contributed by atoms with E-state index in [0.717, 1.165) is 47.0 Å². The SMILES string of the molecule is CCCc1cc(Nc2ccc(C(=O)Nc3ccc(N(C)C)cc3)cc2)n2nc(-c3cccnc3)nc2n1. The van der Waals surface area contributed by atoms with Gasteiger partial charge in [0, 0.05) is 66.4 Å². The second kappa shape index (κ2) is 10.4. The van der Waals surface area contributed by atoms with Gasteiger partial charge >= 0.3 is 0 Å². The van der Waals surface area contributed by atoms with Gasteiger partial charge in [-0.25, -0.2) is 4.98 Å². The Bertz CT molecular complexity index is 1510. The Balaban J connectivity index is 1.36. The first-order chi connectivity index (χ1) is 18.0. The number of benzene rings is 2. The van der Waals surface area contributed by atoms with Crippen LogP contribution in [0.25, 0.3) is 17.2 Å². The number of hydrogen-bond acceptors (Lipinski definition) is 7. The van der Waals surface area contributed by atoms with Crippen molar-refractivity contribution in [2.75, 3.05) is 29.6 Å². The van der Waals surface area contributed by atoms with E-state index in [1.807, 2.05) is 73.6 Å². The fourth-order valence-electron chi connectivity index (χ4n) is 3.91. The first-order valence-corrected chi connectivity index (χ1v) is 12.1. The quantitative estimate of drug-likeness (QED) is 0.307. The van der Waals surface area contributed by atoms with E-state index in [1.54, 1.807) is 29.0 Å². The van der Waals surface area contributed by atoms with Crippen molar-refractivity contribution in [1.82, 2.24) is 24.6 Å². The summed E-state index contributed by atoms with van der Waals surface area (Å²) in [5, 5.41) is 11.0. The molecule has 0 saturated carbocycles. The molecule has 0 unspecified atom stereocenters. The summed E-state index contributed by atoms with van der Waals surface area (Å²) in [6.45, 7) is 2.12. The fraction of sp³-hybridized carbons (Fsp3) is 0.179. The molecule has 2 N–H and O–H groups in total. The van der Waals surface area contributed by atoms with Crippen molar-refractivity contribution in [3.63, 3.8) is 0 Å². The van der Waals surface area contributed by atoms with Gasteiger partial charge < -0.3 is 15.5 Å². The summed E-state index contributed by atoms with van der Waals surface area (Å²) >= 11 is 0. The Labute approximate surface area is 215 Å². The molecule has 3 aromatic heterocycles. The predicted molar refractivity (Wildman–Crippen MR) is 146 cm³/mol. The molecule has 5 aromatic rings. The molecule has 37 heavy (non-hydrogen) atoms. The number of carbonyl (C=O) groups excluding carboxylic acids is 1. The van der Waals surface area contributed by atoms with Crippen molar-refractivity contribution in [2.24, 2.45) is 0 Å². The Morgan fingerprint density at radius 2 is 1.73 bits per heavy atom. The third-order valence-corrected chi connectivity index (χ3v) is 5.85. The first kappa shape index (κ1) is 23.9. The van der Waals surface area contributed by atoms with Gasteiger partial charge in [0.05, 0.1) is 0 Å². The fourth-order valence-corrected chi connectivity index (χ4v) is 3.91. The number of carbonyl (C=O) groups is 1. The monoisotopic (exact) mass is 492 g/mol. The van der Waals surface area contributed by atoms with Gasteiger partial charge in [0.15, 0.2) is 5.82 Å². The van der Waals surface area contributed by atoms with Crippen molar-refractivity contribution >= 4 is 34.6 Å². The molecule has 0 aliphatic rings. The normalized spacial score (nSPS) is 10.9. The zero-order valence-electron chi connectivity index (χ0n) is 21.0. The molecule has 0 radical (unpaired) electrons. The summed E-state index contributed by atoms with van der Waals surface area (Å²) in [5.41, 5.74) is 4.95. The Morgan fingerprint density at radius 3 is 2.41 bits per heavy atom. The van der Waals surface area contributed by atoms with Crippen LogP contribution in [0.15, 0.2) is 79.1 Å². The molecule has 0 fully saturated rings. The number of rotatable bonds is 8. The summed E-state index contributed by atoms with van der Waals surface area (Å²) in [7, 11) is 3.96. The van der Waals surface area contributed by atoms with Gasteiger partial charge in [0.25, 0.3) is 11.7 Å². The lowest BCUT2D eigenvalue weighted by molar-refractivity contribution is 0.102. The Morgan fingerprint density at radius 1 is 0.973 bits per heavy atom. The van der Waals surface area contributed by atoms with Crippen LogP contribution in [0.5, 0.6) is 0 Å². The maximum Gasteiger partial charge on any atom is 0.255 e. The molecule has 9 heteroatoms. The molecule has 0 aliphatic carbocycles. The zero-order valence-corrected chi connectivity index (χ0v) is 21.0. The average molecular weight is 493 g/mol. The summed E-state index contributed by atoms with van der Waals surface area (Å²) in [4.78, 5) is 28.2. The first-order valence-electron chi connectivity index (χ1n) is 12.1. The molecule has 0 atom stereocenters. The number of nitrogens with zero attached hydrogens (tertiary/aromatic N) is 6. The van der Waals surface area contributed by atoms with Crippen LogP contribution in [0, 0.1) is 0 Å². The predicted octanol–water partition coefficient (Wildman–Crippen LogP) is 5.20.